The number of hydrogen-bond acceptors (Lipinski definition) is 5. The van der Waals surface area contributed by atoms with Gasteiger partial charge in [0, 0.05) is 0 Å². The maximum Gasteiger partial charge on any atom is 0.258 e. The topological polar surface area (TPSA) is 66.0 Å². The van der Waals surface area contributed by atoms with E-state index in [0.29, 0.717) is 31.3 Å². The summed E-state index contributed by atoms with van der Waals surface area (Å²) in [6, 6.07) is 12.9. The monoisotopic (exact) mass is 385 g/mol. The summed E-state index contributed by atoms with van der Waals surface area (Å²) < 4.78 is 22.2. The molecule has 0 bridgehead atoms. The molecule has 1 amide bonds. The zero-order chi connectivity index (χ0) is 19.9. The molecule has 150 valence electrons. The minimum absolute atomic E-state index is 0.0538. The Morgan fingerprint density at radius 2 is 1.64 bits per heavy atom. The van der Waals surface area contributed by atoms with E-state index in [9.17, 15) is 4.79 Å². The van der Waals surface area contributed by atoms with Crippen molar-refractivity contribution in [2.45, 2.75) is 26.8 Å². The second-order valence-electron chi connectivity index (χ2n) is 6.89. The van der Waals surface area contributed by atoms with Gasteiger partial charge in [-0.15, -0.1) is 0 Å². The second-order valence-corrected chi connectivity index (χ2v) is 6.89. The molecule has 0 saturated heterocycles. The van der Waals surface area contributed by atoms with Crippen molar-refractivity contribution in [1.29, 1.82) is 0 Å². The number of nitrogens with one attached hydrogen (secondary N) is 1. The van der Waals surface area contributed by atoms with Gasteiger partial charge in [-0.1, -0.05) is 19.9 Å². The van der Waals surface area contributed by atoms with Crippen molar-refractivity contribution in [3.05, 3.63) is 48.0 Å². The molecule has 1 atom stereocenters. The number of benzene rings is 2. The first kappa shape index (κ1) is 19.9. The number of amides is 1. The molecule has 28 heavy (non-hydrogen) atoms. The van der Waals surface area contributed by atoms with Gasteiger partial charge in [-0.25, -0.2) is 0 Å². The maximum absolute atomic E-state index is 12.4. The molecule has 1 N–H and O–H groups in total. The third-order valence-corrected chi connectivity index (χ3v) is 4.41. The fraction of sp³-hybridized carbons (Fsp3) is 0.409. The van der Waals surface area contributed by atoms with Crippen molar-refractivity contribution >= 4 is 5.91 Å². The zero-order valence-corrected chi connectivity index (χ0v) is 16.6. The lowest BCUT2D eigenvalue weighted by Crippen LogP contribution is -2.35. The number of carbonyl (C=O) groups excluding carboxylic acids is 1. The molecule has 3 rings (SSSR count). The van der Waals surface area contributed by atoms with Crippen LogP contribution in [0.2, 0.25) is 0 Å². The first-order valence-corrected chi connectivity index (χ1v) is 9.61. The van der Waals surface area contributed by atoms with Crippen molar-refractivity contribution in [2.24, 2.45) is 5.92 Å². The van der Waals surface area contributed by atoms with Gasteiger partial charge in [-0.05, 0) is 54.8 Å². The standard InChI is InChI=1S/C22H27NO5/c1-4-25-17-6-8-18(9-7-17)28-14-21(24)23-22(15(2)3)16-5-10-19-20(13-16)27-12-11-26-19/h5-10,13,15,22H,4,11-12,14H2,1-3H3,(H,23,24)/t22-/m1/s1. The van der Waals surface area contributed by atoms with Gasteiger partial charge >= 0.3 is 0 Å². The van der Waals surface area contributed by atoms with Crippen LogP contribution >= 0.6 is 0 Å². The SMILES string of the molecule is CCOc1ccc(OCC(=O)N[C@@H](c2ccc3c(c2)OCCO3)C(C)C)cc1. The summed E-state index contributed by atoms with van der Waals surface area (Å²) in [5.41, 5.74) is 0.980. The van der Waals surface area contributed by atoms with Gasteiger partial charge in [-0.3, -0.25) is 4.79 Å². The van der Waals surface area contributed by atoms with Crippen LogP contribution in [0.15, 0.2) is 42.5 Å². The molecule has 1 aliphatic rings. The number of rotatable bonds is 8. The highest BCUT2D eigenvalue weighted by atomic mass is 16.6. The summed E-state index contributed by atoms with van der Waals surface area (Å²) in [7, 11) is 0. The van der Waals surface area contributed by atoms with Crippen LogP contribution in [0.1, 0.15) is 32.4 Å². The normalized spacial score (nSPS) is 13.7. The summed E-state index contributed by atoms with van der Waals surface area (Å²) in [6.07, 6.45) is 0. The minimum atomic E-state index is -0.178. The van der Waals surface area contributed by atoms with Gasteiger partial charge in [0.25, 0.3) is 5.91 Å². The molecule has 0 unspecified atom stereocenters. The Bertz CT molecular complexity index is 788. The van der Waals surface area contributed by atoms with Crippen LogP contribution in [-0.2, 0) is 4.79 Å². The molecule has 0 spiro atoms. The number of hydrogen-bond donors (Lipinski definition) is 1. The summed E-state index contributed by atoms with van der Waals surface area (Å²) in [6.45, 7) is 7.71. The molecular formula is C22H27NO5. The smallest absolute Gasteiger partial charge is 0.258 e. The Morgan fingerprint density at radius 3 is 2.29 bits per heavy atom. The van der Waals surface area contributed by atoms with E-state index in [0.717, 1.165) is 17.1 Å². The third kappa shape index (κ3) is 5.09. The Morgan fingerprint density at radius 1 is 1.00 bits per heavy atom. The van der Waals surface area contributed by atoms with Gasteiger partial charge in [0.2, 0.25) is 0 Å². The number of carbonyl (C=O) groups is 1. The Balaban J connectivity index is 1.60. The Hall–Kier alpha value is -2.89. The summed E-state index contributed by atoms with van der Waals surface area (Å²) >= 11 is 0. The van der Waals surface area contributed by atoms with Crippen LogP contribution in [0.3, 0.4) is 0 Å². The molecule has 0 fully saturated rings. The molecular weight excluding hydrogens is 358 g/mol. The predicted molar refractivity (Wildman–Crippen MR) is 106 cm³/mol. The first-order chi connectivity index (χ1) is 13.6. The highest BCUT2D eigenvalue weighted by Crippen LogP contribution is 2.34. The summed E-state index contributed by atoms with van der Waals surface area (Å²) in [4.78, 5) is 12.4. The second kappa shape index (κ2) is 9.35. The Labute approximate surface area is 165 Å². The van der Waals surface area contributed by atoms with E-state index in [4.69, 9.17) is 18.9 Å². The fourth-order valence-corrected chi connectivity index (χ4v) is 3.05. The average molecular weight is 385 g/mol. The molecule has 2 aromatic carbocycles. The fourth-order valence-electron chi connectivity index (χ4n) is 3.05. The van der Waals surface area contributed by atoms with Crippen molar-refractivity contribution in [3.8, 4) is 23.0 Å². The van der Waals surface area contributed by atoms with Crippen molar-refractivity contribution in [1.82, 2.24) is 5.32 Å². The lowest BCUT2D eigenvalue weighted by atomic mass is 9.95. The Kier molecular flexibility index (Phi) is 6.63. The quantitative estimate of drug-likeness (QED) is 0.750. The van der Waals surface area contributed by atoms with Crippen molar-refractivity contribution in [3.63, 3.8) is 0 Å². The van der Waals surface area contributed by atoms with E-state index in [1.807, 2.05) is 37.3 Å². The zero-order valence-electron chi connectivity index (χ0n) is 16.6. The minimum Gasteiger partial charge on any atom is -0.494 e. The van der Waals surface area contributed by atoms with E-state index in [-0.39, 0.29) is 24.5 Å². The molecule has 2 aromatic rings. The van der Waals surface area contributed by atoms with Crippen molar-refractivity contribution in [2.75, 3.05) is 26.4 Å². The van der Waals surface area contributed by atoms with Gasteiger partial charge < -0.3 is 24.3 Å². The van der Waals surface area contributed by atoms with Crippen LogP contribution in [-0.4, -0.2) is 32.3 Å². The van der Waals surface area contributed by atoms with E-state index in [1.165, 1.54) is 0 Å². The van der Waals surface area contributed by atoms with Gasteiger partial charge in [-0.2, -0.15) is 0 Å². The predicted octanol–water partition coefficient (Wildman–Crippen LogP) is 3.75. The summed E-state index contributed by atoms with van der Waals surface area (Å²) in [5, 5.41) is 3.06. The molecule has 0 aromatic heterocycles. The summed E-state index contributed by atoms with van der Waals surface area (Å²) in [5.74, 6) is 2.88. The van der Waals surface area contributed by atoms with Crippen LogP contribution in [0.5, 0.6) is 23.0 Å². The maximum atomic E-state index is 12.4. The molecule has 1 aliphatic heterocycles. The van der Waals surface area contributed by atoms with E-state index < -0.39 is 0 Å². The number of ether oxygens (including phenoxy) is 4. The van der Waals surface area contributed by atoms with Gasteiger partial charge in [0.15, 0.2) is 18.1 Å². The van der Waals surface area contributed by atoms with Gasteiger partial charge in [0.05, 0.1) is 12.6 Å². The molecule has 1 heterocycles. The van der Waals surface area contributed by atoms with Crippen molar-refractivity contribution < 1.29 is 23.7 Å². The highest BCUT2D eigenvalue weighted by Gasteiger charge is 2.21. The first-order valence-electron chi connectivity index (χ1n) is 9.61. The van der Waals surface area contributed by atoms with E-state index in [1.54, 1.807) is 12.1 Å². The van der Waals surface area contributed by atoms with Crippen LogP contribution in [0.25, 0.3) is 0 Å². The average Bonchev–Trinajstić information content (AvgIpc) is 2.71. The van der Waals surface area contributed by atoms with Crippen LogP contribution in [0.4, 0.5) is 0 Å². The molecule has 0 saturated carbocycles. The molecule has 6 heteroatoms. The molecule has 0 aliphatic carbocycles. The van der Waals surface area contributed by atoms with Crippen LogP contribution in [0, 0.1) is 5.92 Å². The third-order valence-electron chi connectivity index (χ3n) is 4.41. The molecule has 0 radical (unpaired) electrons. The van der Waals surface area contributed by atoms with E-state index >= 15 is 0 Å². The van der Waals surface area contributed by atoms with Gasteiger partial charge in [0.1, 0.15) is 24.7 Å². The largest absolute Gasteiger partial charge is 0.494 e. The number of fused-ring (bicyclic) bond motifs is 1. The lowest BCUT2D eigenvalue weighted by molar-refractivity contribution is -0.124. The van der Waals surface area contributed by atoms with Crippen LogP contribution < -0.4 is 24.3 Å². The lowest BCUT2D eigenvalue weighted by Gasteiger charge is -2.25. The van der Waals surface area contributed by atoms with E-state index in [2.05, 4.69) is 19.2 Å². The highest BCUT2D eigenvalue weighted by molar-refractivity contribution is 5.78. The molecule has 6 nitrogen and oxygen atoms in total.